The lowest BCUT2D eigenvalue weighted by atomic mass is 10.2. The quantitative estimate of drug-likeness (QED) is 0.869. The molecule has 2 rings (SSSR count). The van der Waals surface area contributed by atoms with E-state index in [4.69, 9.17) is 28.9 Å². The minimum absolute atomic E-state index is 0.0344. The third kappa shape index (κ3) is 3.47. The second-order valence-electron chi connectivity index (χ2n) is 3.91. The standard InChI is InChI=1S/C13H10Cl2FNOS/c14-9-1-3-12(16)8(5-9)7-19(18)10-2-4-13(17)11(15)6-10/h1-6H,7,17H2. The summed E-state index contributed by atoms with van der Waals surface area (Å²) in [6, 6.07) is 8.88. The Hall–Kier alpha value is -1.10. The van der Waals surface area contributed by atoms with Gasteiger partial charge in [0.05, 0.1) is 27.3 Å². The number of hydrogen-bond donors (Lipinski definition) is 1. The molecule has 0 fully saturated rings. The summed E-state index contributed by atoms with van der Waals surface area (Å²) < 4.78 is 25.7. The number of nitrogen functional groups attached to an aromatic ring is 1. The van der Waals surface area contributed by atoms with Crippen LogP contribution in [-0.4, -0.2) is 4.21 Å². The summed E-state index contributed by atoms with van der Waals surface area (Å²) in [6.07, 6.45) is 0. The molecule has 0 aliphatic heterocycles. The zero-order valence-corrected chi connectivity index (χ0v) is 12.0. The maximum Gasteiger partial charge on any atom is 0.127 e. The number of rotatable bonds is 3. The van der Waals surface area contributed by atoms with E-state index in [1.807, 2.05) is 0 Å². The molecule has 0 saturated carbocycles. The van der Waals surface area contributed by atoms with Gasteiger partial charge < -0.3 is 5.73 Å². The van der Waals surface area contributed by atoms with Gasteiger partial charge in [-0.1, -0.05) is 23.2 Å². The van der Waals surface area contributed by atoms with Gasteiger partial charge >= 0.3 is 0 Å². The Morgan fingerprint density at radius 3 is 2.58 bits per heavy atom. The highest BCUT2D eigenvalue weighted by atomic mass is 35.5. The van der Waals surface area contributed by atoms with Crippen LogP contribution < -0.4 is 5.73 Å². The van der Waals surface area contributed by atoms with Crippen LogP contribution in [-0.2, 0) is 16.6 Å². The zero-order chi connectivity index (χ0) is 14.0. The monoisotopic (exact) mass is 317 g/mol. The minimum Gasteiger partial charge on any atom is -0.398 e. The lowest BCUT2D eigenvalue weighted by Gasteiger charge is -2.06. The second kappa shape index (κ2) is 5.90. The smallest absolute Gasteiger partial charge is 0.127 e. The van der Waals surface area contributed by atoms with E-state index in [1.165, 1.54) is 24.3 Å². The van der Waals surface area contributed by atoms with Gasteiger partial charge in [0.25, 0.3) is 0 Å². The van der Waals surface area contributed by atoms with Gasteiger partial charge in [0, 0.05) is 15.5 Å². The molecule has 0 saturated heterocycles. The highest BCUT2D eigenvalue weighted by Gasteiger charge is 2.11. The third-order valence-corrected chi connectivity index (χ3v) is 4.44. The van der Waals surface area contributed by atoms with Gasteiger partial charge in [0.15, 0.2) is 0 Å². The van der Waals surface area contributed by atoms with Gasteiger partial charge in [-0.2, -0.15) is 0 Å². The first kappa shape index (κ1) is 14.3. The molecule has 0 radical (unpaired) electrons. The average molecular weight is 318 g/mol. The highest BCUT2D eigenvalue weighted by molar-refractivity contribution is 7.84. The molecule has 0 spiro atoms. The summed E-state index contributed by atoms with van der Waals surface area (Å²) in [6.45, 7) is 0. The van der Waals surface area contributed by atoms with Crippen molar-refractivity contribution in [1.82, 2.24) is 0 Å². The molecule has 0 amide bonds. The Morgan fingerprint density at radius 1 is 1.16 bits per heavy atom. The molecule has 1 atom stereocenters. The Morgan fingerprint density at radius 2 is 1.89 bits per heavy atom. The van der Waals surface area contributed by atoms with Crippen LogP contribution in [0.15, 0.2) is 41.3 Å². The summed E-state index contributed by atoms with van der Waals surface area (Å²) in [5.74, 6) is -0.397. The van der Waals surface area contributed by atoms with Crippen molar-refractivity contribution in [1.29, 1.82) is 0 Å². The van der Waals surface area contributed by atoms with E-state index in [0.29, 0.717) is 26.2 Å². The van der Waals surface area contributed by atoms with Crippen molar-refractivity contribution in [3.8, 4) is 0 Å². The molecule has 2 N–H and O–H groups in total. The van der Waals surface area contributed by atoms with Crippen molar-refractivity contribution in [2.75, 3.05) is 5.73 Å². The zero-order valence-electron chi connectivity index (χ0n) is 9.70. The van der Waals surface area contributed by atoms with Crippen LogP contribution in [0.5, 0.6) is 0 Å². The molecule has 0 aliphatic rings. The SMILES string of the molecule is Nc1ccc(S(=O)Cc2cc(Cl)ccc2F)cc1Cl. The summed E-state index contributed by atoms with van der Waals surface area (Å²) >= 11 is 11.7. The molecule has 0 bridgehead atoms. The molecule has 0 heterocycles. The van der Waals surface area contributed by atoms with Crippen molar-refractivity contribution in [3.63, 3.8) is 0 Å². The fraction of sp³-hybridized carbons (Fsp3) is 0.0769. The van der Waals surface area contributed by atoms with Crippen LogP contribution >= 0.6 is 23.2 Å². The van der Waals surface area contributed by atoms with E-state index in [-0.39, 0.29) is 5.75 Å². The summed E-state index contributed by atoms with van der Waals surface area (Å²) in [5.41, 5.74) is 6.29. The van der Waals surface area contributed by atoms with Crippen molar-refractivity contribution in [2.24, 2.45) is 0 Å². The summed E-state index contributed by atoms with van der Waals surface area (Å²) in [7, 11) is -1.41. The minimum atomic E-state index is -1.41. The van der Waals surface area contributed by atoms with Crippen molar-refractivity contribution < 1.29 is 8.60 Å². The van der Waals surface area contributed by atoms with E-state index >= 15 is 0 Å². The predicted octanol–water partition coefficient (Wildman–Crippen LogP) is 4.02. The van der Waals surface area contributed by atoms with Crippen LogP contribution in [0.4, 0.5) is 10.1 Å². The third-order valence-electron chi connectivity index (χ3n) is 2.53. The van der Waals surface area contributed by atoms with Gasteiger partial charge in [-0.3, -0.25) is 4.21 Å². The number of hydrogen-bond acceptors (Lipinski definition) is 2. The largest absolute Gasteiger partial charge is 0.398 e. The molecule has 2 aromatic rings. The second-order valence-corrected chi connectivity index (χ2v) is 6.20. The number of nitrogens with two attached hydrogens (primary N) is 1. The highest BCUT2D eigenvalue weighted by Crippen LogP contribution is 2.24. The molecule has 0 aromatic heterocycles. The first-order valence-electron chi connectivity index (χ1n) is 5.34. The lowest BCUT2D eigenvalue weighted by Crippen LogP contribution is -2.00. The van der Waals surface area contributed by atoms with Gasteiger partial charge in [-0.15, -0.1) is 0 Å². The molecule has 6 heteroatoms. The molecule has 0 aliphatic carbocycles. The molecule has 19 heavy (non-hydrogen) atoms. The van der Waals surface area contributed by atoms with Crippen LogP contribution in [0, 0.1) is 5.82 Å². The summed E-state index contributed by atoms with van der Waals surface area (Å²) in [4.78, 5) is 0.499. The van der Waals surface area contributed by atoms with Crippen molar-refractivity contribution in [2.45, 2.75) is 10.6 Å². The molecule has 100 valence electrons. The van der Waals surface area contributed by atoms with E-state index < -0.39 is 16.6 Å². The maximum absolute atomic E-state index is 13.5. The van der Waals surface area contributed by atoms with E-state index in [1.54, 1.807) is 12.1 Å². The van der Waals surface area contributed by atoms with Gasteiger partial charge in [0.1, 0.15) is 5.82 Å². The Balaban J connectivity index is 2.25. The Kier molecular flexibility index (Phi) is 4.45. The number of benzene rings is 2. The number of halogens is 3. The van der Waals surface area contributed by atoms with E-state index in [9.17, 15) is 8.60 Å². The first-order chi connectivity index (χ1) is 8.97. The predicted molar refractivity (Wildman–Crippen MR) is 77.4 cm³/mol. The Labute approximate surface area is 122 Å². The fourth-order valence-corrected chi connectivity index (χ4v) is 3.11. The fourth-order valence-electron chi connectivity index (χ4n) is 1.53. The van der Waals surface area contributed by atoms with E-state index in [2.05, 4.69) is 0 Å². The first-order valence-corrected chi connectivity index (χ1v) is 7.42. The number of anilines is 1. The van der Waals surface area contributed by atoms with Gasteiger partial charge in [0.2, 0.25) is 0 Å². The molecular formula is C13H10Cl2FNOS. The van der Waals surface area contributed by atoms with Crippen LogP contribution in [0.2, 0.25) is 10.0 Å². The molecule has 2 aromatic carbocycles. The van der Waals surface area contributed by atoms with E-state index in [0.717, 1.165) is 0 Å². The Bertz CT molecular complexity index is 649. The summed E-state index contributed by atoms with van der Waals surface area (Å²) in [5, 5.41) is 0.737. The normalized spacial score (nSPS) is 12.4. The van der Waals surface area contributed by atoms with Gasteiger partial charge in [-0.25, -0.2) is 4.39 Å². The van der Waals surface area contributed by atoms with Gasteiger partial charge in [-0.05, 0) is 36.4 Å². The van der Waals surface area contributed by atoms with Crippen LogP contribution in [0.1, 0.15) is 5.56 Å². The van der Waals surface area contributed by atoms with Crippen molar-refractivity contribution >= 4 is 39.7 Å². The maximum atomic E-state index is 13.5. The molecular weight excluding hydrogens is 308 g/mol. The lowest BCUT2D eigenvalue weighted by molar-refractivity contribution is 0.615. The van der Waals surface area contributed by atoms with Crippen LogP contribution in [0.3, 0.4) is 0 Å². The molecule has 1 unspecified atom stereocenters. The molecule has 2 nitrogen and oxygen atoms in total. The topological polar surface area (TPSA) is 43.1 Å². The van der Waals surface area contributed by atoms with Crippen molar-refractivity contribution in [3.05, 3.63) is 57.8 Å². The van der Waals surface area contributed by atoms with Crippen LogP contribution in [0.25, 0.3) is 0 Å². The average Bonchev–Trinajstić information content (AvgIpc) is 2.37.